The molecule has 0 N–H and O–H groups in total. The monoisotopic (exact) mass is 319 g/mol. The summed E-state index contributed by atoms with van der Waals surface area (Å²) in [4.78, 5) is 14.4. The Morgan fingerprint density at radius 2 is 1.91 bits per heavy atom. The molecule has 0 aromatic heterocycles. The molecule has 4 heteroatoms. The third-order valence-electron chi connectivity index (χ3n) is 4.13. The first-order chi connectivity index (χ1) is 11.1. The minimum atomic E-state index is 0.136. The summed E-state index contributed by atoms with van der Waals surface area (Å²) in [6, 6.07) is 7.53. The van der Waals surface area contributed by atoms with Gasteiger partial charge < -0.3 is 9.47 Å². The van der Waals surface area contributed by atoms with E-state index in [1.54, 1.807) is 0 Å². The fourth-order valence-electron chi connectivity index (χ4n) is 3.10. The summed E-state index contributed by atoms with van der Waals surface area (Å²) in [6.07, 6.45) is 3.25. The van der Waals surface area contributed by atoms with Crippen molar-refractivity contribution in [2.75, 3.05) is 26.2 Å². The average molecular weight is 319 g/mol. The number of ketones is 1. The van der Waals surface area contributed by atoms with Gasteiger partial charge in [0.15, 0.2) is 5.78 Å². The first kappa shape index (κ1) is 18.0. The zero-order valence-electron chi connectivity index (χ0n) is 14.6. The van der Waals surface area contributed by atoms with E-state index >= 15 is 0 Å². The van der Waals surface area contributed by atoms with E-state index < -0.39 is 0 Å². The number of morpholine rings is 1. The molecule has 0 aliphatic carbocycles. The van der Waals surface area contributed by atoms with Crippen LogP contribution in [0.15, 0.2) is 24.3 Å². The largest absolute Gasteiger partial charge is 0.493 e. The van der Waals surface area contributed by atoms with Crippen LogP contribution >= 0.6 is 0 Å². The Morgan fingerprint density at radius 3 is 2.61 bits per heavy atom. The van der Waals surface area contributed by atoms with Gasteiger partial charge in [0.05, 0.1) is 24.4 Å². The van der Waals surface area contributed by atoms with Crippen LogP contribution in [0.3, 0.4) is 0 Å². The van der Waals surface area contributed by atoms with Gasteiger partial charge in [0.2, 0.25) is 0 Å². The van der Waals surface area contributed by atoms with E-state index in [1.165, 1.54) is 0 Å². The summed E-state index contributed by atoms with van der Waals surface area (Å²) in [5.41, 5.74) is 0.700. The van der Waals surface area contributed by atoms with Crippen molar-refractivity contribution < 1.29 is 14.3 Å². The number of carbonyl (C=O) groups excluding carboxylic acids is 1. The molecule has 0 bridgehead atoms. The minimum Gasteiger partial charge on any atom is -0.493 e. The number of nitrogens with zero attached hydrogens (tertiary/aromatic N) is 1. The van der Waals surface area contributed by atoms with Crippen LogP contribution in [-0.2, 0) is 4.74 Å². The lowest BCUT2D eigenvalue weighted by Crippen LogP contribution is -2.45. The number of hydrogen-bond donors (Lipinski definition) is 0. The molecule has 2 rings (SSSR count). The van der Waals surface area contributed by atoms with E-state index in [9.17, 15) is 4.79 Å². The molecule has 1 fully saturated rings. The maximum absolute atomic E-state index is 11.9. The molecule has 4 nitrogen and oxygen atoms in total. The highest BCUT2D eigenvalue weighted by Crippen LogP contribution is 2.20. The second-order valence-corrected chi connectivity index (χ2v) is 6.35. The molecule has 128 valence electrons. The summed E-state index contributed by atoms with van der Waals surface area (Å²) in [5.74, 6) is 0.852. The standard InChI is InChI=1S/C19H29NO3/c1-4-18(21)17-9-5-6-10-19(17)22-12-8-7-11-20-13-15(2)23-16(3)14-20/h5-6,9-10,15-16H,4,7-8,11-14H2,1-3H3. The number of para-hydroxylation sites is 1. The maximum atomic E-state index is 11.9. The smallest absolute Gasteiger partial charge is 0.166 e. The predicted molar refractivity (Wildman–Crippen MR) is 92.2 cm³/mol. The van der Waals surface area contributed by atoms with E-state index in [0.29, 0.717) is 36.5 Å². The molecular formula is C19H29NO3. The van der Waals surface area contributed by atoms with Crippen molar-refractivity contribution in [3.63, 3.8) is 0 Å². The predicted octanol–water partition coefficient (Wildman–Crippen LogP) is 3.55. The number of unbranched alkanes of at least 4 members (excludes halogenated alkanes) is 1. The number of ether oxygens (including phenoxy) is 2. The molecule has 1 aromatic rings. The van der Waals surface area contributed by atoms with Crippen molar-refractivity contribution >= 4 is 5.78 Å². The number of hydrogen-bond acceptors (Lipinski definition) is 4. The van der Waals surface area contributed by atoms with Gasteiger partial charge in [-0.2, -0.15) is 0 Å². The van der Waals surface area contributed by atoms with Gasteiger partial charge in [-0.25, -0.2) is 0 Å². The topological polar surface area (TPSA) is 38.8 Å². The zero-order valence-corrected chi connectivity index (χ0v) is 14.6. The van der Waals surface area contributed by atoms with Crippen molar-refractivity contribution in [1.82, 2.24) is 4.90 Å². The number of rotatable bonds is 8. The van der Waals surface area contributed by atoms with Crippen LogP contribution in [0.5, 0.6) is 5.75 Å². The van der Waals surface area contributed by atoms with Crippen LogP contribution < -0.4 is 4.74 Å². The Morgan fingerprint density at radius 1 is 1.22 bits per heavy atom. The normalized spacial score (nSPS) is 22.0. The van der Waals surface area contributed by atoms with Crippen LogP contribution in [0.4, 0.5) is 0 Å². The molecule has 1 heterocycles. The Labute approximate surface area is 139 Å². The molecule has 1 aromatic carbocycles. The quantitative estimate of drug-likeness (QED) is 0.542. The first-order valence-electron chi connectivity index (χ1n) is 8.73. The van der Waals surface area contributed by atoms with Crippen molar-refractivity contribution in [3.8, 4) is 5.75 Å². The molecule has 0 radical (unpaired) electrons. The van der Waals surface area contributed by atoms with Gasteiger partial charge in [0, 0.05) is 19.5 Å². The van der Waals surface area contributed by atoms with E-state index in [4.69, 9.17) is 9.47 Å². The molecule has 1 aliphatic rings. The van der Waals surface area contributed by atoms with Gasteiger partial charge >= 0.3 is 0 Å². The lowest BCUT2D eigenvalue weighted by atomic mass is 10.1. The van der Waals surface area contributed by atoms with Gasteiger partial charge in [-0.05, 0) is 45.4 Å². The van der Waals surface area contributed by atoms with Gasteiger partial charge in [0.1, 0.15) is 5.75 Å². The summed E-state index contributed by atoms with van der Waals surface area (Å²) in [5, 5.41) is 0. The number of carbonyl (C=O) groups is 1. The summed E-state index contributed by atoms with van der Waals surface area (Å²) in [6.45, 7) is 9.91. The molecule has 1 aliphatic heterocycles. The lowest BCUT2D eigenvalue weighted by Gasteiger charge is -2.35. The third-order valence-corrected chi connectivity index (χ3v) is 4.13. The molecule has 2 atom stereocenters. The molecule has 0 amide bonds. The summed E-state index contributed by atoms with van der Waals surface area (Å²) >= 11 is 0. The number of Topliss-reactive ketones (excluding diaryl/α,β-unsaturated/α-hetero) is 1. The molecule has 0 spiro atoms. The van der Waals surface area contributed by atoms with Gasteiger partial charge in [-0.3, -0.25) is 9.69 Å². The fourth-order valence-corrected chi connectivity index (χ4v) is 3.10. The van der Waals surface area contributed by atoms with Crippen LogP contribution in [0.2, 0.25) is 0 Å². The highest BCUT2D eigenvalue weighted by atomic mass is 16.5. The van der Waals surface area contributed by atoms with Gasteiger partial charge in [-0.15, -0.1) is 0 Å². The van der Waals surface area contributed by atoms with Crippen molar-refractivity contribution in [2.24, 2.45) is 0 Å². The number of benzene rings is 1. The third kappa shape index (κ3) is 5.63. The Kier molecular flexibility index (Phi) is 7.06. The summed E-state index contributed by atoms with van der Waals surface area (Å²) < 4.78 is 11.6. The SMILES string of the molecule is CCC(=O)c1ccccc1OCCCCN1CC(C)OC(C)C1. The Balaban J connectivity index is 1.71. The molecular weight excluding hydrogens is 290 g/mol. The Hall–Kier alpha value is -1.39. The van der Waals surface area contributed by atoms with E-state index in [1.807, 2.05) is 31.2 Å². The molecule has 2 unspecified atom stereocenters. The van der Waals surface area contributed by atoms with Crippen LogP contribution in [-0.4, -0.2) is 49.1 Å². The zero-order chi connectivity index (χ0) is 16.7. The van der Waals surface area contributed by atoms with E-state index in [-0.39, 0.29) is 5.78 Å². The lowest BCUT2D eigenvalue weighted by molar-refractivity contribution is -0.0682. The van der Waals surface area contributed by atoms with Crippen LogP contribution in [0.1, 0.15) is 50.4 Å². The van der Waals surface area contributed by atoms with E-state index in [0.717, 1.165) is 32.5 Å². The average Bonchev–Trinajstić information content (AvgIpc) is 2.53. The molecule has 23 heavy (non-hydrogen) atoms. The van der Waals surface area contributed by atoms with E-state index in [2.05, 4.69) is 18.7 Å². The second kappa shape index (κ2) is 9.04. The van der Waals surface area contributed by atoms with Crippen molar-refractivity contribution in [2.45, 2.75) is 52.2 Å². The van der Waals surface area contributed by atoms with Gasteiger partial charge in [-0.1, -0.05) is 19.1 Å². The van der Waals surface area contributed by atoms with Crippen molar-refractivity contribution in [3.05, 3.63) is 29.8 Å². The maximum Gasteiger partial charge on any atom is 0.166 e. The highest BCUT2D eigenvalue weighted by Gasteiger charge is 2.21. The highest BCUT2D eigenvalue weighted by molar-refractivity contribution is 5.98. The van der Waals surface area contributed by atoms with Gasteiger partial charge in [0.25, 0.3) is 0 Å². The van der Waals surface area contributed by atoms with Crippen LogP contribution in [0.25, 0.3) is 0 Å². The Bertz CT molecular complexity index is 493. The molecule has 0 saturated carbocycles. The first-order valence-corrected chi connectivity index (χ1v) is 8.73. The van der Waals surface area contributed by atoms with Crippen LogP contribution in [0, 0.1) is 0 Å². The molecule has 1 saturated heterocycles. The van der Waals surface area contributed by atoms with Crippen molar-refractivity contribution in [1.29, 1.82) is 0 Å². The second-order valence-electron chi connectivity index (χ2n) is 6.35. The minimum absolute atomic E-state index is 0.136. The summed E-state index contributed by atoms with van der Waals surface area (Å²) in [7, 11) is 0. The fraction of sp³-hybridized carbons (Fsp3) is 0.632.